The number of anilines is 3. The third-order valence-corrected chi connectivity index (χ3v) is 6.27. The summed E-state index contributed by atoms with van der Waals surface area (Å²) in [6.07, 6.45) is 4.39. The van der Waals surface area contributed by atoms with Crippen LogP contribution in [0.3, 0.4) is 0 Å². The summed E-state index contributed by atoms with van der Waals surface area (Å²) in [5, 5.41) is 9.03. The van der Waals surface area contributed by atoms with Crippen LogP contribution in [0.1, 0.15) is 23.2 Å². The number of ether oxygens (including phenoxy) is 2. The van der Waals surface area contributed by atoms with Crippen molar-refractivity contribution in [3.8, 4) is 17.4 Å². The van der Waals surface area contributed by atoms with Crippen LogP contribution in [-0.4, -0.2) is 60.0 Å². The second kappa shape index (κ2) is 12.4. The van der Waals surface area contributed by atoms with E-state index in [0.29, 0.717) is 28.4 Å². The number of amides is 2. The molecule has 1 fully saturated rings. The molecule has 1 saturated heterocycles. The number of para-hydroxylation sites is 2. The van der Waals surface area contributed by atoms with Crippen molar-refractivity contribution in [2.75, 3.05) is 37.9 Å². The second-order valence-corrected chi connectivity index (χ2v) is 9.14. The normalized spacial score (nSPS) is 13.9. The lowest BCUT2D eigenvalue weighted by Crippen LogP contribution is -2.43. The van der Waals surface area contributed by atoms with Crippen LogP contribution >= 0.6 is 11.6 Å². The van der Waals surface area contributed by atoms with E-state index in [1.807, 2.05) is 0 Å². The maximum atomic E-state index is 12.8. The average molecular weight is 537 g/mol. The van der Waals surface area contributed by atoms with E-state index < -0.39 is 0 Å². The number of carbonyl (C=O) groups excluding carboxylic acids is 2. The summed E-state index contributed by atoms with van der Waals surface area (Å²) in [6, 6.07) is 12.1. The van der Waals surface area contributed by atoms with Crippen molar-refractivity contribution in [3.05, 3.63) is 71.9 Å². The maximum Gasteiger partial charge on any atom is 0.251 e. The molecule has 1 aromatic heterocycles. The van der Waals surface area contributed by atoms with Crippen LogP contribution < -0.4 is 25.4 Å². The summed E-state index contributed by atoms with van der Waals surface area (Å²) in [4.78, 5) is 35.4. The topological polar surface area (TPSA) is 118 Å². The number of halogens is 1. The Labute approximate surface area is 226 Å². The van der Waals surface area contributed by atoms with Crippen molar-refractivity contribution in [2.24, 2.45) is 0 Å². The minimum Gasteiger partial charge on any atom is -0.495 e. The molecule has 10 nitrogen and oxygen atoms in total. The highest BCUT2D eigenvalue weighted by Gasteiger charge is 2.20. The van der Waals surface area contributed by atoms with E-state index in [-0.39, 0.29) is 34.7 Å². The largest absolute Gasteiger partial charge is 0.495 e. The van der Waals surface area contributed by atoms with E-state index in [4.69, 9.17) is 21.1 Å². The van der Waals surface area contributed by atoms with E-state index in [2.05, 4.69) is 44.4 Å². The summed E-state index contributed by atoms with van der Waals surface area (Å²) >= 11 is 6.28. The van der Waals surface area contributed by atoms with Gasteiger partial charge in [0.05, 0.1) is 24.7 Å². The van der Waals surface area contributed by atoms with Crippen LogP contribution in [0.4, 0.5) is 17.3 Å². The molecule has 11 heteroatoms. The molecule has 0 unspecified atom stereocenters. The zero-order valence-electron chi connectivity index (χ0n) is 21.2. The molecular weight excluding hydrogens is 508 g/mol. The van der Waals surface area contributed by atoms with Crippen molar-refractivity contribution in [1.82, 2.24) is 20.2 Å². The zero-order chi connectivity index (χ0) is 27.1. The molecule has 0 atom stereocenters. The van der Waals surface area contributed by atoms with E-state index >= 15 is 0 Å². The second-order valence-electron chi connectivity index (χ2n) is 8.73. The number of nitrogens with one attached hydrogen (secondary N) is 3. The van der Waals surface area contributed by atoms with Gasteiger partial charge in [0.15, 0.2) is 5.75 Å². The Bertz CT molecular complexity index is 1330. The summed E-state index contributed by atoms with van der Waals surface area (Å²) in [5.74, 6) is 0.528. The summed E-state index contributed by atoms with van der Waals surface area (Å²) in [6.45, 7) is 5.37. The summed E-state index contributed by atoms with van der Waals surface area (Å²) in [7, 11) is 3.60. The number of piperidine rings is 1. The summed E-state index contributed by atoms with van der Waals surface area (Å²) < 4.78 is 11.4. The standard InChI is InChI=1S/C27H29ClN6O4/c1-4-24(35)31-20-7-5-6-8-22(20)38-26-19(28)16-29-27(33-26)32-21-10-9-17(15-23(21)37-3)25(36)30-18-11-13-34(2)14-12-18/h4-10,15-16,18H,1,11-14H2,2-3H3,(H,30,36)(H,31,35)(H,29,32,33). The Balaban J connectivity index is 1.49. The Morgan fingerprint density at radius 1 is 1.13 bits per heavy atom. The van der Waals surface area contributed by atoms with Gasteiger partial charge in [0.1, 0.15) is 10.8 Å². The van der Waals surface area contributed by atoms with E-state index in [9.17, 15) is 9.59 Å². The van der Waals surface area contributed by atoms with Gasteiger partial charge in [-0.1, -0.05) is 30.3 Å². The molecule has 0 aliphatic carbocycles. The fourth-order valence-corrected chi connectivity index (χ4v) is 4.04. The molecule has 3 N–H and O–H groups in total. The molecule has 1 aliphatic heterocycles. The van der Waals surface area contributed by atoms with Crippen molar-refractivity contribution >= 4 is 40.7 Å². The predicted molar refractivity (Wildman–Crippen MR) is 147 cm³/mol. The first-order valence-corrected chi connectivity index (χ1v) is 12.4. The Hall–Kier alpha value is -4.15. The molecule has 3 aromatic rings. The summed E-state index contributed by atoms with van der Waals surface area (Å²) in [5.41, 5.74) is 1.47. The lowest BCUT2D eigenvalue weighted by Gasteiger charge is -2.29. The van der Waals surface area contributed by atoms with Gasteiger partial charge in [-0.2, -0.15) is 4.98 Å². The molecule has 198 valence electrons. The van der Waals surface area contributed by atoms with Crippen LogP contribution in [0.2, 0.25) is 5.02 Å². The van der Waals surface area contributed by atoms with Gasteiger partial charge in [-0.05, 0) is 69.4 Å². The highest BCUT2D eigenvalue weighted by Crippen LogP contribution is 2.34. The Kier molecular flexibility index (Phi) is 8.77. The van der Waals surface area contributed by atoms with E-state index in [1.54, 1.807) is 42.5 Å². The number of rotatable bonds is 9. The van der Waals surface area contributed by atoms with Crippen molar-refractivity contribution in [2.45, 2.75) is 18.9 Å². The molecule has 4 rings (SSSR count). The predicted octanol–water partition coefficient (Wildman–Crippen LogP) is 4.62. The first-order chi connectivity index (χ1) is 18.4. The van der Waals surface area contributed by atoms with Crippen molar-refractivity contribution < 1.29 is 19.1 Å². The van der Waals surface area contributed by atoms with Crippen LogP contribution in [0.5, 0.6) is 17.4 Å². The minimum atomic E-state index is -0.382. The molecule has 2 aromatic carbocycles. The van der Waals surface area contributed by atoms with Gasteiger partial charge >= 0.3 is 0 Å². The number of likely N-dealkylation sites (tertiary alicyclic amines) is 1. The molecule has 2 amide bonds. The smallest absolute Gasteiger partial charge is 0.251 e. The van der Waals surface area contributed by atoms with Crippen LogP contribution in [-0.2, 0) is 4.79 Å². The first-order valence-electron chi connectivity index (χ1n) is 12.0. The van der Waals surface area contributed by atoms with Gasteiger partial charge in [-0.3, -0.25) is 9.59 Å². The van der Waals surface area contributed by atoms with Gasteiger partial charge in [0.25, 0.3) is 5.91 Å². The van der Waals surface area contributed by atoms with E-state index in [1.165, 1.54) is 13.3 Å². The number of methoxy groups -OCH3 is 1. The minimum absolute atomic E-state index is 0.0811. The Morgan fingerprint density at radius 2 is 1.89 bits per heavy atom. The van der Waals surface area contributed by atoms with Crippen LogP contribution in [0, 0.1) is 0 Å². The highest BCUT2D eigenvalue weighted by atomic mass is 35.5. The fourth-order valence-electron chi connectivity index (χ4n) is 3.91. The van der Waals surface area contributed by atoms with Crippen molar-refractivity contribution in [3.63, 3.8) is 0 Å². The quantitative estimate of drug-likeness (QED) is 0.339. The van der Waals surface area contributed by atoms with Gasteiger partial charge in [0.2, 0.25) is 17.7 Å². The molecule has 0 radical (unpaired) electrons. The number of nitrogens with zero attached hydrogens (tertiary/aromatic N) is 3. The number of hydrogen-bond donors (Lipinski definition) is 3. The molecule has 1 aliphatic rings. The number of benzene rings is 2. The van der Waals surface area contributed by atoms with Gasteiger partial charge < -0.3 is 30.3 Å². The van der Waals surface area contributed by atoms with E-state index in [0.717, 1.165) is 32.0 Å². The monoisotopic (exact) mass is 536 g/mol. The first kappa shape index (κ1) is 26.9. The number of carbonyl (C=O) groups is 2. The number of hydrogen-bond acceptors (Lipinski definition) is 8. The maximum absolute atomic E-state index is 12.8. The van der Waals surface area contributed by atoms with Crippen molar-refractivity contribution in [1.29, 1.82) is 0 Å². The third-order valence-electron chi connectivity index (χ3n) is 6.01. The fraction of sp³-hybridized carbons (Fsp3) is 0.259. The SMILES string of the molecule is C=CC(=O)Nc1ccccc1Oc1nc(Nc2ccc(C(=O)NC3CCN(C)CC3)cc2OC)ncc1Cl. The third kappa shape index (κ3) is 6.78. The number of aromatic nitrogens is 2. The Morgan fingerprint density at radius 3 is 2.63 bits per heavy atom. The van der Waals surface area contributed by atoms with Gasteiger partial charge in [-0.15, -0.1) is 0 Å². The van der Waals surface area contributed by atoms with Gasteiger partial charge in [-0.25, -0.2) is 4.98 Å². The average Bonchev–Trinajstić information content (AvgIpc) is 2.93. The van der Waals surface area contributed by atoms with Gasteiger partial charge in [0, 0.05) is 11.6 Å². The van der Waals surface area contributed by atoms with Crippen LogP contribution in [0.15, 0.2) is 61.3 Å². The molecule has 38 heavy (non-hydrogen) atoms. The molecule has 2 heterocycles. The molecule has 0 spiro atoms. The zero-order valence-corrected chi connectivity index (χ0v) is 21.9. The molecule has 0 saturated carbocycles. The van der Waals surface area contributed by atoms with Crippen LogP contribution in [0.25, 0.3) is 0 Å². The lowest BCUT2D eigenvalue weighted by molar-refractivity contribution is -0.111. The highest BCUT2D eigenvalue weighted by molar-refractivity contribution is 6.31. The molecular formula is C27H29ClN6O4. The molecule has 0 bridgehead atoms. The lowest BCUT2D eigenvalue weighted by atomic mass is 10.0.